The largest absolute Gasteiger partial charge is 0.454 e. The van der Waals surface area contributed by atoms with Gasteiger partial charge in [-0.1, -0.05) is 42.0 Å². The van der Waals surface area contributed by atoms with E-state index in [-0.39, 0.29) is 12.0 Å². The topological polar surface area (TPSA) is 106 Å². The highest BCUT2D eigenvalue weighted by atomic mass is 16.5. The first-order valence-corrected chi connectivity index (χ1v) is 10.3. The van der Waals surface area contributed by atoms with Crippen LogP contribution in [0.3, 0.4) is 0 Å². The van der Waals surface area contributed by atoms with Crippen LogP contribution in [-0.4, -0.2) is 29.0 Å². The molecule has 4 rings (SSSR count). The Morgan fingerprint density at radius 2 is 1.39 bits per heavy atom. The van der Waals surface area contributed by atoms with Gasteiger partial charge in [0.15, 0.2) is 12.0 Å². The zero-order chi connectivity index (χ0) is 23.4. The molecular weight excluding hydrogens is 422 g/mol. The van der Waals surface area contributed by atoms with E-state index in [9.17, 15) is 19.2 Å². The average Bonchev–Trinajstić information content (AvgIpc) is 2.84. The SMILES string of the molecule is Cc1ccc(C(=O)NNC(=O)COC(=O)Cn2c3ccccc3c(=O)c3ccccc32)cc1. The average molecular weight is 443 g/mol. The number of hydrazine groups is 1. The molecule has 0 fully saturated rings. The first kappa shape index (κ1) is 21.8. The van der Waals surface area contributed by atoms with E-state index < -0.39 is 24.4 Å². The van der Waals surface area contributed by atoms with E-state index in [2.05, 4.69) is 10.9 Å². The number of ether oxygens (including phenoxy) is 1. The molecule has 0 saturated carbocycles. The molecule has 2 N–H and O–H groups in total. The predicted molar refractivity (Wildman–Crippen MR) is 123 cm³/mol. The molecule has 3 aromatic carbocycles. The second kappa shape index (κ2) is 9.35. The van der Waals surface area contributed by atoms with E-state index >= 15 is 0 Å². The van der Waals surface area contributed by atoms with Crippen molar-refractivity contribution in [1.82, 2.24) is 15.4 Å². The molecule has 0 radical (unpaired) electrons. The Morgan fingerprint density at radius 1 is 0.818 bits per heavy atom. The Kier molecular flexibility index (Phi) is 6.17. The van der Waals surface area contributed by atoms with Crippen molar-refractivity contribution in [3.05, 3.63) is 94.1 Å². The van der Waals surface area contributed by atoms with Crippen LogP contribution in [0.1, 0.15) is 15.9 Å². The minimum atomic E-state index is -0.682. The van der Waals surface area contributed by atoms with Crippen molar-refractivity contribution in [2.75, 3.05) is 6.61 Å². The molecule has 1 aromatic heterocycles. The quantitative estimate of drug-likeness (QED) is 0.280. The number of esters is 1. The third-order valence-corrected chi connectivity index (χ3v) is 5.16. The summed E-state index contributed by atoms with van der Waals surface area (Å²) in [5.41, 5.74) is 6.95. The highest BCUT2D eigenvalue weighted by Gasteiger charge is 2.15. The molecule has 0 aliphatic rings. The second-order valence-electron chi connectivity index (χ2n) is 7.48. The highest BCUT2D eigenvalue weighted by molar-refractivity contribution is 5.96. The fourth-order valence-corrected chi connectivity index (χ4v) is 3.51. The van der Waals surface area contributed by atoms with Crippen LogP contribution in [-0.2, 0) is 20.9 Å². The molecule has 0 spiro atoms. The number of benzene rings is 3. The fourth-order valence-electron chi connectivity index (χ4n) is 3.51. The summed E-state index contributed by atoms with van der Waals surface area (Å²) in [6, 6.07) is 20.8. The summed E-state index contributed by atoms with van der Waals surface area (Å²) in [7, 11) is 0. The molecule has 8 nitrogen and oxygen atoms in total. The monoisotopic (exact) mass is 443 g/mol. The first-order valence-electron chi connectivity index (χ1n) is 10.3. The lowest BCUT2D eigenvalue weighted by Gasteiger charge is -2.14. The number of nitrogens with zero attached hydrogens (tertiary/aromatic N) is 1. The summed E-state index contributed by atoms with van der Waals surface area (Å²) in [5.74, 6) is -1.83. The Hall–Kier alpha value is -4.46. The van der Waals surface area contributed by atoms with Crippen LogP contribution in [0.5, 0.6) is 0 Å². The van der Waals surface area contributed by atoms with Crippen molar-refractivity contribution < 1.29 is 19.1 Å². The van der Waals surface area contributed by atoms with Gasteiger partial charge in [0.1, 0.15) is 6.54 Å². The van der Waals surface area contributed by atoms with E-state index in [4.69, 9.17) is 4.74 Å². The number of nitrogens with one attached hydrogen (secondary N) is 2. The minimum Gasteiger partial charge on any atom is -0.454 e. The molecule has 0 saturated heterocycles. The van der Waals surface area contributed by atoms with E-state index in [0.29, 0.717) is 27.4 Å². The Balaban J connectivity index is 1.41. The summed E-state index contributed by atoms with van der Waals surface area (Å²) in [4.78, 5) is 49.3. The third kappa shape index (κ3) is 4.74. The van der Waals surface area contributed by atoms with Crippen molar-refractivity contribution in [3.63, 3.8) is 0 Å². The number of carbonyl (C=O) groups excluding carboxylic acids is 3. The molecule has 4 aromatic rings. The molecule has 0 unspecified atom stereocenters. The second-order valence-corrected chi connectivity index (χ2v) is 7.48. The molecule has 166 valence electrons. The van der Waals surface area contributed by atoms with E-state index in [1.54, 1.807) is 77.4 Å². The number of pyridine rings is 1. The number of aromatic nitrogens is 1. The standard InChI is InChI=1S/C25H21N3O5/c1-16-10-12-17(13-11-16)25(32)27-26-22(29)15-33-23(30)14-28-20-8-4-2-6-18(20)24(31)19-7-3-5-9-21(19)28/h2-13H,14-15H2,1H3,(H,26,29)(H,27,32). The van der Waals surface area contributed by atoms with Crippen LogP contribution in [0.25, 0.3) is 21.8 Å². The van der Waals surface area contributed by atoms with Crippen LogP contribution in [0.2, 0.25) is 0 Å². The van der Waals surface area contributed by atoms with Crippen molar-refractivity contribution in [2.24, 2.45) is 0 Å². The molecule has 0 atom stereocenters. The number of rotatable bonds is 5. The van der Waals surface area contributed by atoms with Gasteiger partial charge in [-0.2, -0.15) is 0 Å². The fraction of sp³-hybridized carbons (Fsp3) is 0.120. The van der Waals surface area contributed by atoms with Crippen molar-refractivity contribution in [1.29, 1.82) is 0 Å². The number of para-hydroxylation sites is 2. The minimum absolute atomic E-state index is 0.116. The maximum atomic E-state index is 12.8. The Labute approximate surface area is 188 Å². The lowest BCUT2D eigenvalue weighted by atomic mass is 10.1. The molecule has 33 heavy (non-hydrogen) atoms. The lowest BCUT2D eigenvalue weighted by molar-refractivity contribution is -0.149. The van der Waals surface area contributed by atoms with Crippen LogP contribution >= 0.6 is 0 Å². The summed E-state index contributed by atoms with van der Waals surface area (Å²) in [6.07, 6.45) is 0. The molecule has 1 heterocycles. The third-order valence-electron chi connectivity index (χ3n) is 5.16. The summed E-state index contributed by atoms with van der Waals surface area (Å²) < 4.78 is 6.77. The van der Waals surface area contributed by atoms with Crippen LogP contribution < -0.4 is 16.3 Å². The van der Waals surface area contributed by atoms with E-state index in [1.165, 1.54) is 0 Å². The normalized spacial score (nSPS) is 10.7. The van der Waals surface area contributed by atoms with Crippen molar-refractivity contribution in [2.45, 2.75) is 13.5 Å². The van der Waals surface area contributed by atoms with Crippen LogP contribution in [0.4, 0.5) is 0 Å². The van der Waals surface area contributed by atoms with Crippen molar-refractivity contribution >= 4 is 39.6 Å². The number of hydrogen-bond acceptors (Lipinski definition) is 5. The number of carbonyl (C=O) groups is 3. The molecule has 0 aliphatic carbocycles. The van der Waals surface area contributed by atoms with E-state index in [0.717, 1.165) is 5.56 Å². The smallest absolute Gasteiger partial charge is 0.326 e. The highest BCUT2D eigenvalue weighted by Crippen LogP contribution is 2.19. The summed E-state index contributed by atoms with van der Waals surface area (Å²) in [6.45, 7) is 1.14. The molecule has 8 heteroatoms. The van der Waals surface area contributed by atoms with Gasteiger partial charge in [0.25, 0.3) is 11.8 Å². The number of hydrogen-bond donors (Lipinski definition) is 2. The maximum Gasteiger partial charge on any atom is 0.326 e. The van der Waals surface area contributed by atoms with Gasteiger partial charge in [0, 0.05) is 16.3 Å². The van der Waals surface area contributed by atoms with Gasteiger partial charge >= 0.3 is 5.97 Å². The van der Waals surface area contributed by atoms with Gasteiger partial charge < -0.3 is 9.30 Å². The zero-order valence-corrected chi connectivity index (χ0v) is 17.8. The van der Waals surface area contributed by atoms with Crippen molar-refractivity contribution in [3.8, 4) is 0 Å². The molecule has 0 bridgehead atoms. The number of aryl methyl sites for hydroxylation is 1. The van der Waals surface area contributed by atoms with Crippen LogP contribution in [0, 0.1) is 6.92 Å². The summed E-state index contributed by atoms with van der Waals surface area (Å²) >= 11 is 0. The predicted octanol–water partition coefficient (Wildman–Crippen LogP) is 2.47. The Bertz CT molecular complexity index is 1360. The van der Waals surface area contributed by atoms with Crippen LogP contribution in [0.15, 0.2) is 77.6 Å². The molecule has 0 aliphatic heterocycles. The van der Waals surface area contributed by atoms with Gasteiger partial charge in [-0.25, -0.2) is 0 Å². The van der Waals surface area contributed by atoms with Gasteiger partial charge in [0.2, 0.25) is 0 Å². The van der Waals surface area contributed by atoms with Gasteiger partial charge in [-0.15, -0.1) is 0 Å². The summed E-state index contributed by atoms with van der Waals surface area (Å²) in [5, 5.41) is 0.973. The lowest BCUT2D eigenvalue weighted by Crippen LogP contribution is -2.43. The Morgan fingerprint density at radius 3 is 2.00 bits per heavy atom. The van der Waals surface area contributed by atoms with Gasteiger partial charge in [-0.3, -0.25) is 30.0 Å². The number of amides is 2. The number of fused-ring (bicyclic) bond motifs is 2. The molecular formula is C25H21N3O5. The van der Waals surface area contributed by atoms with Gasteiger partial charge in [-0.05, 0) is 43.3 Å². The zero-order valence-electron chi connectivity index (χ0n) is 17.8. The maximum absolute atomic E-state index is 12.8. The van der Waals surface area contributed by atoms with Gasteiger partial charge in [0.05, 0.1) is 11.0 Å². The first-order chi connectivity index (χ1) is 15.9. The van der Waals surface area contributed by atoms with E-state index in [1.807, 2.05) is 6.92 Å². The molecule has 2 amide bonds.